The van der Waals surface area contributed by atoms with Crippen LogP contribution in [0.25, 0.3) is 0 Å². The highest BCUT2D eigenvalue weighted by atomic mass is 19.4. The lowest BCUT2D eigenvalue weighted by Gasteiger charge is -2.30. The van der Waals surface area contributed by atoms with E-state index in [0.717, 1.165) is 43.9 Å². The van der Waals surface area contributed by atoms with Gasteiger partial charge in [-0.3, -0.25) is 4.79 Å². The van der Waals surface area contributed by atoms with E-state index in [1.807, 2.05) is 0 Å². The molecule has 1 aromatic heterocycles. The first-order chi connectivity index (χ1) is 12.3. The molecule has 1 saturated heterocycles. The number of hydrogen-bond acceptors (Lipinski definition) is 4. The number of carbonyl (C=O) groups is 1. The normalized spacial score (nSPS) is 15.8. The summed E-state index contributed by atoms with van der Waals surface area (Å²) in [6.45, 7) is 4.04. The molecule has 1 aliphatic rings. The predicted octanol–water partition coefficient (Wildman–Crippen LogP) is 3.98. The summed E-state index contributed by atoms with van der Waals surface area (Å²) in [5, 5.41) is 2.52. The Labute approximate surface area is 149 Å². The van der Waals surface area contributed by atoms with Crippen molar-refractivity contribution in [3.63, 3.8) is 0 Å². The smallest absolute Gasteiger partial charge is 0.355 e. The van der Waals surface area contributed by atoms with E-state index in [1.54, 1.807) is 6.20 Å². The standard InChI is InChI=1S/C18H19F3N4O/c1-12-6-8-25(9-7-12)16-11-22-15(10-23-16)17(26)24-14-4-2-13(3-5-14)18(19,20)21/h2-5,10-12H,6-9H2,1H3,(H,24,26). The Balaban J connectivity index is 1.63. The lowest BCUT2D eigenvalue weighted by atomic mass is 9.99. The van der Waals surface area contributed by atoms with E-state index in [-0.39, 0.29) is 11.4 Å². The number of nitrogens with one attached hydrogen (secondary N) is 1. The summed E-state index contributed by atoms with van der Waals surface area (Å²) in [6, 6.07) is 4.25. The van der Waals surface area contributed by atoms with Gasteiger partial charge in [-0.2, -0.15) is 13.2 Å². The molecule has 0 radical (unpaired) electrons. The van der Waals surface area contributed by atoms with E-state index in [0.29, 0.717) is 5.92 Å². The molecule has 1 N–H and O–H groups in total. The quantitative estimate of drug-likeness (QED) is 0.895. The summed E-state index contributed by atoms with van der Waals surface area (Å²) in [4.78, 5) is 22.7. The summed E-state index contributed by atoms with van der Waals surface area (Å²) in [7, 11) is 0. The molecule has 1 aromatic carbocycles. The van der Waals surface area contributed by atoms with Gasteiger partial charge in [-0.1, -0.05) is 6.92 Å². The molecular formula is C18H19F3N4O. The number of hydrogen-bond donors (Lipinski definition) is 1. The zero-order chi connectivity index (χ0) is 18.7. The van der Waals surface area contributed by atoms with Crippen LogP contribution in [0.4, 0.5) is 24.7 Å². The van der Waals surface area contributed by atoms with Crippen molar-refractivity contribution in [3.05, 3.63) is 47.9 Å². The second-order valence-electron chi connectivity index (χ2n) is 6.46. The predicted molar refractivity (Wildman–Crippen MR) is 92.0 cm³/mol. The van der Waals surface area contributed by atoms with Gasteiger partial charge in [0.25, 0.3) is 5.91 Å². The third kappa shape index (κ3) is 4.30. The van der Waals surface area contributed by atoms with Crippen LogP contribution in [-0.4, -0.2) is 29.0 Å². The van der Waals surface area contributed by atoms with E-state index in [9.17, 15) is 18.0 Å². The van der Waals surface area contributed by atoms with Crippen LogP contribution in [0, 0.1) is 5.92 Å². The minimum atomic E-state index is -4.41. The molecule has 0 saturated carbocycles. The van der Waals surface area contributed by atoms with Crippen molar-refractivity contribution in [2.75, 3.05) is 23.3 Å². The lowest BCUT2D eigenvalue weighted by Crippen LogP contribution is -2.33. The van der Waals surface area contributed by atoms with E-state index in [2.05, 4.69) is 27.1 Å². The van der Waals surface area contributed by atoms with Crippen LogP contribution in [0.1, 0.15) is 35.8 Å². The number of rotatable bonds is 3. The van der Waals surface area contributed by atoms with Gasteiger partial charge in [0, 0.05) is 18.8 Å². The zero-order valence-electron chi connectivity index (χ0n) is 14.3. The number of carbonyl (C=O) groups excluding carboxylic acids is 1. The van der Waals surface area contributed by atoms with E-state index < -0.39 is 17.6 Å². The van der Waals surface area contributed by atoms with Gasteiger partial charge in [0.1, 0.15) is 11.5 Å². The molecule has 138 valence electrons. The van der Waals surface area contributed by atoms with Crippen LogP contribution in [0.2, 0.25) is 0 Å². The number of halogens is 3. The number of alkyl halides is 3. The lowest BCUT2D eigenvalue weighted by molar-refractivity contribution is -0.137. The highest BCUT2D eigenvalue weighted by molar-refractivity contribution is 6.02. The van der Waals surface area contributed by atoms with Gasteiger partial charge in [-0.05, 0) is 43.0 Å². The van der Waals surface area contributed by atoms with Gasteiger partial charge < -0.3 is 10.2 Å². The van der Waals surface area contributed by atoms with Crippen LogP contribution >= 0.6 is 0 Å². The molecule has 2 heterocycles. The number of piperidine rings is 1. The van der Waals surface area contributed by atoms with Crippen LogP contribution < -0.4 is 10.2 Å². The Morgan fingerprint density at radius 3 is 2.31 bits per heavy atom. The van der Waals surface area contributed by atoms with Gasteiger partial charge in [0.05, 0.1) is 18.0 Å². The molecule has 5 nitrogen and oxygen atoms in total. The maximum absolute atomic E-state index is 12.6. The molecule has 0 spiro atoms. The first-order valence-electron chi connectivity index (χ1n) is 8.38. The number of amides is 1. The van der Waals surface area contributed by atoms with Crippen molar-refractivity contribution in [3.8, 4) is 0 Å². The highest BCUT2D eigenvalue weighted by Crippen LogP contribution is 2.29. The monoisotopic (exact) mass is 364 g/mol. The summed E-state index contributed by atoms with van der Waals surface area (Å²) in [6.07, 6.45) is 0.718. The van der Waals surface area contributed by atoms with Crippen LogP contribution in [-0.2, 0) is 6.18 Å². The van der Waals surface area contributed by atoms with E-state index in [1.165, 1.54) is 18.3 Å². The molecule has 8 heteroatoms. The molecule has 0 aliphatic carbocycles. The Bertz CT molecular complexity index is 752. The van der Waals surface area contributed by atoms with E-state index in [4.69, 9.17) is 0 Å². The Morgan fingerprint density at radius 2 is 1.77 bits per heavy atom. The third-order valence-corrected chi connectivity index (χ3v) is 4.45. The average molecular weight is 364 g/mol. The largest absolute Gasteiger partial charge is 0.416 e. The van der Waals surface area contributed by atoms with Gasteiger partial charge in [0.15, 0.2) is 0 Å². The first-order valence-corrected chi connectivity index (χ1v) is 8.38. The summed E-state index contributed by atoms with van der Waals surface area (Å²) >= 11 is 0. The molecule has 0 bridgehead atoms. The molecule has 3 rings (SSSR count). The van der Waals surface area contributed by atoms with Crippen molar-refractivity contribution < 1.29 is 18.0 Å². The molecule has 0 atom stereocenters. The number of aromatic nitrogens is 2. The SMILES string of the molecule is CC1CCN(c2cnc(C(=O)Nc3ccc(C(F)(F)F)cc3)cn2)CC1. The fourth-order valence-corrected chi connectivity index (χ4v) is 2.78. The summed E-state index contributed by atoms with van der Waals surface area (Å²) < 4.78 is 37.7. The Hall–Kier alpha value is -2.64. The fourth-order valence-electron chi connectivity index (χ4n) is 2.78. The van der Waals surface area contributed by atoms with Crippen molar-refractivity contribution in [1.82, 2.24) is 9.97 Å². The second kappa shape index (κ2) is 7.31. The number of nitrogens with zero attached hydrogens (tertiary/aromatic N) is 3. The molecule has 1 aliphatic heterocycles. The van der Waals surface area contributed by atoms with E-state index >= 15 is 0 Å². The van der Waals surface area contributed by atoms with Gasteiger partial charge in [0.2, 0.25) is 0 Å². The highest BCUT2D eigenvalue weighted by Gasteiger charge is 2.30. The van der Waals surface area contributed by atoms with Crippen LogP contribution in [0.5, 0.6) is 0 Å². The minimum Gasteiger partial charge on any atom is -0.355 e. The maximum Gasteiger partial charge on any atom is 0.416 e. The molecular weight excluding hydrogens is 345 g/mol. The van der Waals surface area contributed by atoms with Crippen LogP contribution in [0.15, 0.2) is 36.7 Å². The summed E-state index contributed by atoms with van der Waals surface area (Å²) in [5.74, 6) is 0.909. The molecule has 2 aromatic rings. The zero-order valence-corrected chi connectivity index (χ0v) is 14.3. The maximum atomic E-state index is 12.6. The molecule has 26 heavy (non-hydrogen) atoms. The van der Waals surface area contributed by atoms with Crippen molar-refractivity contribution in [2.45, 2.75) is 25.9 Å². The van der Waals surface area contributed by atoms with Gasteiger partial charge in [-0.25, -0.2) is 9.97 Å². The average Bonchev–Trinajstić information content (AvgIpc) is 2.62. The van der Waals surface area contributed by atoms with Gasteiger partial charge >= 0.3 is 6.18 Å². The summed E-state index contributed by atoms with van der Waals surface area (Å²) in [5.41, 5.74) is -0.395. The number of anilines is 2. The molecule has 0 unspecified atom stereocenters. The van der Waals surface area contributed by atoms with Crippen molar-refractivity contribution >= 4 is 17.4 Å². The Morgan fingerprint density at radius 1 is 1.12 bits per heavy atom. The molecule has 1 fully saturated rings. The first kappa shape index (κ1) is 18.2. The Kier molecular flexibility index (Phi) is 5.11. The molecule has 1 amide bonds. The number of benzene rings is 1. The third-order valence-electron chi connectivity index (χ3n) is 4.45. The topological polar surface area (TPSA) is 58.1 Å². The van der Waals surface area contributed by atoms with Crippen molar-refractivity contribution in [1.29, 1.82) is 0 Å². The fraction of sp³-hybridized carbons (Fsp3) is 0.389. The second-order valence-corrected chi connectivity index (χ2v) is 6.46. The minimum absolute atomic E-state index is 0.110. The van der Waals surface area contributed by atoms with Crippen molar-refractivity contribution in [2.24, 2.45) is 5.92 Å². The van der Waals surface area contributed by atoms with Crippen LogP contribution in [0.3, 0.4) is 0 Å². The van der Waals surface area contributed by atoms with Gasteiger partial charge in [-0.15, -0.1) is 0 Å².